The molecule has 100 valence electrons. The van der Waals surface area contributed by atoms with Gasteiger partial charge in [0.25, 0.3) is 0 Å². The molecule has 0 spiro atoms. The predicted octanol–water partition coefficient (Wildman–Crippen LogP) is 4.12. The minimum Gasteiger partial charge on any atom is -0.306 e. The summed E-state index contributed by atoms with van der Waals surface area (Å²) in [5.41, 5.74) is 0. The van der Waals surface area contributed by atoms with Crippen molar-refractivity contribution >= 4 is 34.3 Å². The Morgan fingerprint density at radius 1 is 1.53 bits per heavy atom. The number of aliphatic imine (C=N–C) groups is 1. The summed E-state index contributed by atoms with van der Waals surface area (Å²) in [7, 11) is 2.84. The van der Waals surface area contributed by atoms with Crippen molar-refractivity contribution in [3.63, 3.8) is 0 Å². The zero-order chi connectivity index (χ0) is 13.0. The van der Waals surface area contributed by atoms with Gasteiger partial charge in [-0.3, -0.25) is 14.6 Å². The highest BCUT2D eigenvalue weighted by Gasteiger charge is 2.22. The van der Waals surface area contributed by atoms with E-state index in [-0.39, 0.29) is 0 Å². The molecule has 0 amide bonds. The molecule has 1 unspecified atom stereocenters. The summed E-state index contributed by atoms with van der Waals surface area (Å²) in [5, 5.41) is 2.74. The Kier molecular flexibility index (Phi) is 11.3. The minimum atomic E-state index is -2.85. The molecule has 0 aromatic heterocycles. The van der Waals surface area contributed by atoms with E-state index in [1.54, 1.807) is 16.9 Å². The van der Waals surface area contributed by atoms with E-state index in [9.17, 15) is 4.57 Å². The Balaban J connectivity index is 4.06. The molecule has 0 aliphatic heterocycles. The number of hydrogen-bond donors (Lipinski definition) is 1. The highest BCUT2D eigenvalue weighted by atomic mass is 33.3. The standard InChI is InChI=1S/C10H21N2O2PS2/c1-4-7-9-16-17-15(13,14-6-3)12-10-11-8-5-2/h5,10H,2,4,6-9H2,1,3H3,(H,11,12,13). The van der Waals surface area contributed by atoms with Crippen molar-refractivity contribution in [3.8, 4) is 0 Å². The molecule has 0 aromatic rings. The zero-order valence-electron chi connectivity index (χ0n) is 10.4. The van der Waals surface area contributed by atoms with Gasteiger partial charge in [-0.05, 0) is 13.3 Å². The second kappa shape index (κ2) is 11.2. The van der Waals surface area contributed by atoms with Crippen LogP contribution < -0.4 is 5.09 Å². The van der Waals surface area contributed by atoms with Crippen LogP contribution in [0.15, 0.2) is 17.6 Å². The molecule has 1 atom stereocenters. The van der Waals surface area contributed by atoms with Crippen LogP contribution >= 0.6 is 27.9 Å². The van der Waals surface area contributed by atoms with Crippen molar-refractivity contribution in [1.29, 1.82) is 0 Å². The Bertz CT molecular complexity index is 275. The van der Waals surface area contributed by atoms with Gasteiger partial charge < -0.3 is 4.52 Å². The van der Waals surface area contributed by atoms with Crippen LogP contribution in [0.1, 0.15) is 26.7 Å². The van der Waals surface area contributed by atoms with Gasteiger partial charge >= 0.3 is 6.72 Å². The lowest BCUT2D eigenvalue weighted by molar-refractivity contribution is 0.343. The SMILES string of the molecule is C=CCN=CNP(=O)(OCC)SSCCCC. The molecule has 0 radical (unpaired) electrons. The van der Waals surface area contributed by atoms with Crippen LogP contribution in [-0.4, -0.2) is 25.2 Å². The first-order chi connectivity index (χ1) is 8.18. The molecule has 0 bridgehead atoms. The summed E-state index contributed by atoms with van der Waals surface area (Å²) >= 11 is 0. The third-order valence-electron chi connectivity index (χ3n) is 1.57. The van der Waals surface area contributed by atoms with E-state index < -0.39 is 6.72 Å². The lowest BCUT2D eigenvalue weighted by Crippen LogP contribution is -2.07. The van der Waals surface area contributed by atoms with Crippen LogP contribution in [0, 0.1) is 0 Å². The van der Waals surface area contributed by atoms with Gasteiger partial charge in [-0.1, -0.05) is 30.2 Å². The van der Waals surface area contributed by atoms with Crippen LogP contribution in [0.3, 0.4) is 0 Å². The Labute approximate surface area is 112 Å². The van der Waals surface area contributed by atoms with E-state index in [1.165, 1.54) is 16.8 Å². The molecular formula is C10H21N2O2PS2. The van der Waals surface area contributed by atoms with Crippen molar-refractivity contribution < 1.29 is 9.09 Å². The smallest absolute Gasteiger partial charge is 0.306 e. The van der Waals surface area contributed by atoms with E-state index in [2.05, 4.69) is 23.6 Å². The summed E-state index contributed by atoms with van der Waals surface area (Å²) in [5.74, 6) is 0.976. The van der Waals surface area contributed by atoms with Crippen molar-refractivity contribution in [1.82, 2.24) is 5.09 Å². The third-order valence-corrected chi connectivity index (χ3v) is 8.11. The molecule has 0 fully saturated rings. The number of rotatable bonds is 11. The Morgan fingerprint density at radius 2 is 2.29 bits per heavy atom. The number of nitrogens with one attached hydrogen (secondary N) is 1. The first-order valence-electron chi connectivity index (χ1n) is 5.61. The maximum Gasteiger partial charge on any atom is 0.362 e. The van der Waals surface area contributed by atoms with Gasteiger partial charge in [0.15, 0.2) is 0 Å². The molecule has 1 N–H and O–H groups in total. The molecule has 0 heterocycles. The van der Waals surface area contributed by atoms with Crippen LogP contribution in [0.4, 0.5) is 0 Å². The van der Waals surface area contributed by atoms with E-state index in [0.29, 0.717) is 13.2 Å². The van der Waals surface area contributed by atoms with Crippen LogP contribution in [0.5, 0.6) is 0 Å². The monoisotopic (exact) mass is 296 g/mol. The van der Waals surface area contributed by atoms with Crippen molar-refractivity contribution in [2.45, 2.75) is 26.7 Å². The quantitative estimate of drug-likeness (QED) is 0.155. The second-order valence-electron chi connectivity index (χ2n) is 3.08. The van der Waals surface area contributed by atoms with Gasteiger partial charge in [-0.25, -0.2) is 0 Å². The number of nitrogens with zero attached hydrogens (tertiary/aromatic N) is 1. The molecule has 7 heteroatoms. The summed E-state index contributed by atoms with van der Waals surface area (Å²) < 4.78 is 17.5. The minimum absolute atomic E-state index is 0.418. The van der Waals surface area contributed by atoms with Gasteiger partial charge in [-0.15, -0.1) is 6.58 Å². The molecule has 4 nitrogen and oxygen atoms in total. The van der Waals surface area contributed by atoms with Crippen molar-refractivity contribution in [3.05, 3.63) is 12.7 Å². The lowest BCUT2D eigenvalue weighted by Gasteiger charge is -2.15. The van der Waals surface area contributed by atoms with Gasteiger partial charge in [-0.2, -0.15) is 0 Å². The fourth-order valence-electron chi connectivity index (χ4n) is 0.799. The topological polar surface area (TPSA) is 50.7 Å². The first-order valence-corrected chi connectivity index (χ1v) is 10.2. The van der Waals surface area contributed by atoms with Crippen molar-refractivity contribution in [2.75, 3.05) is 18.9 Å². The van der Waals surface area contributed by atoms with Gasteiger partial charge in [0.1, 0.15) is 0 Å². The van der Waals surface area contributed by atoms with Crippen LogP contribution in [0.2, 0.25) is 0 Å². The largest absolute Gasteiger partial charge is 0.362 e. The van der Waals surface area contributed by atoms with Crippen LogP contribution in [-0.2, 0) is 9.09 Å². The molecule has 17 heavy (non-hydrogen) atoms. The Hall–Kier alpha value is 0.1000. The summed E-state index contributed by atoms with van der Waals surface area (Å²) in [6.45, 7) is 5.58. The molecular weight excluding hydrogens is 275 g/mol. The van der Waals surface area contributed by atoms with Gasteiger partial charge in [0, 0.05) is 16.2 Å². The molecule has 0 saturated carbocycles. The van der Waals surface area contributed by atoms with Gasteiger partial charge in [0.05, 0.1) is 19.5 Å². The van der Waals surface area contributed by atoms with E-state index >= 15 is 0 Å². The highest BCUT2D eigenvalue weighted by molar-refractivity contribution is 8.99. The molecule has 0 aromatic carbocycles. The predicted molar refractivity (Wildman–Crippen MR) is 80.9 cm³/mol. The third kappa shape index (κ3) is 9.77. The van der Waals surface area contributed by atoms with Crippen LogP contribution in [0.25, 0.3) is 0 Å². The summed E-state index contributed by atoms with van der Waals surface area (Å²) in [6.07, 6.45) is 5.37. The summed E-state index contributed by atoms with van der Waals surface area (Å²) in [4.78, 5) is 3.97. The maximum atomic E-state index is 12.2. The molecule has 0 saturated heterocycles. The first kappa shape index (κ1) is 17.1. The number of hydrogen-bond acceptors (Lipinski definition) is 5. The summed E-state index contributed by atoms with van der Waals surface area (Å²) in [6, 6.07) is 0. The lowest BCUT2D eigenvalue weighted by atomic mass is 10.4. The molecule has 0 aliphatic rings. The highest BCUT2D eigenvalue weighted by Crippen LogP contribution is 2.61. The fourth-order valence-corrected chi connectivity index (χ4v) is 6.55. The number of unbranched alkanes of at least 4 members (excludes halogenated alkanes) is 1. The second-order valence-corrected chi connectivity index (χ2v) is 9.32. The molecule has 0 rings (SSSR count). The van der Waals surface area contributed by atoms with E-state index in [4.69, 9.17) is 4.52 Å². The van der Waals surface area contributed by atoms with Crippen molar-refractivity contribution in [2.24, 2.45) is 4.99 Å². The average Bonchev–Trinajstić information content (AvgIpc) is 2.31. The Morgan fingerprint density at radius 3 is 2.88 bits per heavy atom. The molecule has 0 aliphatic carbocycles. The van der Waals surface area contributed by atoms with E-state index in [0.717, 1.165) is 18.6 Å². The fraction of sp³-hybridized carbons (Fsp3) is 0.700. The average molecular weight is 296 g/mol. The van der Waals surface area contributed by atoms with Gasteiger partial charge in [0.2, 0.25) is 0 Å². The normalized spacial score (nSPS) is 14.7. The van der Waals surface area contributed by atoms with E-state index in [1.807, 2.05) is 6.92 Å². The zero-order valence-corrected chi connectivity index (χ0v) is 13.0. The maximum absolute atomic E-state index is 12.2.